The Bertz CT molecular complexity index is 1220. The third-order valence-corrected chi connectivity index (χ3v) is 4.87. The van der Waals surface area contributed by atoms with Crippen molar-refractivity contribution in [2.45, 2.75) is 13.3 Å². The number of carbonyl (C=O) groups is 1. The number of nitrogens with one attached hydrogen (secondary N) is 2. The molecule has 4 heterocycles. The molecule has 8 heteroatoms. The molecule has 4 aromatic heterocycles. The minimum atomic E-state index is -0.145. The topological polar surface area (TPSA) is 99.7 Å². The maximum absolute atomic E-state index is 12.6. The Hall–Kier alpha value is -3.65. The van der Waals surface area contributed by atoms with Crippen LogP contribution in [0.25, 0.3) is 33.8 Å². The molecular formula is C23H25N7O. The second-order valence-corrected chi connectivity index (χ2v) is 7.68. The van der Waals surface area contributed by atoms with Crippen LogP contribution in [0.3, 0.4) is 0 Å². The monoisotopic (exact) mass is 415 g/mol. The van der Waals surface area contributed by atoms with Crippen LogP contribution in [0.2, 0.25) is 0 Å². The van der Waals surface area contributed by atoms with E-state index in [0.29, 0.717) is 35.0 Å². The lowest BCUT2D eigenvalue weighted by Crippen LogP contribution is -2.27. The molecule has 8 nitrogen and oxygen atoms in total. The van der Waals surface area contributed by atoms with Crippen LogP contribution < -0.4 is 5.32 Å². The van der Waals surface area contributed by atoms with E-state index in [0.717, 1.165) is 29.6 Å². The Morgan fingerprint density at radius 3 is 2.81 bits per heavy atom. The molecule has 0 saturated carbocycles. The zero-order chi connectivity index (χ0) is 21.8. The first-order valence-corrected chi connectivity index (χ1v) is 10.2. The number of H-pyrrole nitrogens is 1. The van der Waals surface area contributed by atoms with Crippen molar-refractivity contribution in [2.75, 3.05) is 27.2 Å². The second kappa shape index (κ2) is 9.01. The van der Waals surface area contributed by atoms with Gasteiger partial charge in [0.25, 0.3) is 5.91 Å². The summed E-state index contributed by atoms with van der Waals surface area (Å²) in [6, 6.07) is 9.49. The largest absolute Gasteiger partial charge is 0.352 e. The van der Waals surface area contributed by atoms with Crippen molar-refractivity contribution >= 4 is 16.9 Å². The number of pyridine rings is 2. The van der Waals surface area contributed by atoms with Gasteiger partial charge in [-0.05, 0) is 58.3 Å². The van der Waals surface area contributed by atoms with Gasteiger partial charge in [-0.1, -0.05) is 6.07 Å². The molecule has 31 heavy (non-hydrogen) atoms. The average molecular weight is 416 g/mol. The number of carbonyl (C=O) groups excluding carboxylic acids is 1. The molecule has 1 amide bonds. The molecule has 2 N–H and O–H groups in total. The van der Waals surface area contributed by atoms with Crippen molar-refractivity contribution in [1.29, 1.82) is 0 Å². The molecule has 0 aromatic carbocycles. The quantitative estimate of drug-likeness (QED) is 0.450. The number of hydrogen-bond acceptors (Lipinski definition) is 6. The number of aromatic amines is 1. The summed E-state index contributed by atoms with van der Waals surface area (Å²) in [4.78, 5) is 36.1. The molecule has 0 saturated heterocycles. The summed E-state index contributed by atoms with van der Waals surface area (Å²) < 4.78 is 0. The first kappa shape index (κ1) is 20.6. The summed E-state index contributed by atoms with van der Waals surface area (Å²) in [5.74, 6) is 0.375. The van der Waals surface area contributed by atoms with E-state index in [-0.39, 0.29) is 5.91 Å². The Labute approximate surface area is 180 Å². The first-order valence-electron chi connectivity index (χ1n) is 10.2. The third kappa shape index (κ3) is 4.75. The van der Waals surface area contributed by atoms with Crippen LogP contribution in [0.1, 0.15) is 22.5 Å². The molecular weight excluding hydrogens is 390 g/mol. The Kier molecular flexibility index (Phi) is 5.99. The molecule has 0 spiro atoms. The molecule has 4 aromatic rings. The van der Waals surface area contributed by atoms with Crippen molar-refractivity contribution in [3.8, 4) is 22.8 Å². The lowest BCUT2D eigenvalue weighted by atomic mass is 10.1. The lowest BCUT2D eigenvalue weighted by molar-refractivity contribution is 0.0952. The van der Waals surface area contributed by atoms with Crippen LogP contribution in [0.4, 0.5) is 0 Å². The molecule has 0 aliphatic rings. The Morgan fingerprint density at radius 2 is 2.00 bits per heavy atom. The smallest absolute Gasteiger partial charge is 0.252 e. The lowest BCUT2D eigenvalue weighted by Gasteiger charge is -2.10. The van der Waals surface area contributed by atoms with Crippen LogP contribution in [0.15, 0.2) is 48.9 Å². The number of aryl methyl sites for hydroxylation is 1. The normalized spacial score (nSPS) is 11.2. The van der Waals surface area contributed by atoms with Crippen LogP contribution in [0.5, 0.6) is 0 Å². The van der Waals surface area contributed by atoms with Crippen LogP contribution >= 0.6 is 0 Å². The Balaban J connectivity index is 1.66. The molecule has 158 valence electrons. The standard InChI is InChI=1S/C23H25N7O/c1-15-6-4-7-19(27-15)22-28-20(18-8-10-25-21(18)29-22)16-12-17(14-24-13-16)23(31)26-9-5-11-30(2)3/h4,6-8,10,12-14H,5,9,11H2,1-3H3,(H,26,31)(H,25,28,29). The summed E-state index contributed by atoms with van der Waals surface area (Å²) in [5.41, 5.74) is 4.26. The molecule has 0 unspecified atom stereocenters. The van der Waals surface area contributed by atoms with E-state index >= 15 is 0 Å². The van der Waals surface area contributed by atoms with Crippen LogP contribution in [-0.4, -0.2) is 62.9 Å². The zero-order valence-corrected chi connectivity index (χ0v) is 17.9. The highest BCUT2D eigenvalue weighted by atomic mass is 16.1. The minimum absolute atomic E-state index is 0.145. The third-order valence-electron chi connectivity index (χ3n) is 4.87. The zero-order valence-electron chi connectivity index (χ0n) is 17.9. The molecule has 0 fully saturated rings. The van der Waals surface area contributed by atoms with Gasteiger partial charge in [-0.15, -0.1) is 0 Å². The number of nitrogens with zero attached hydrogens (tertiary/aromatic N) is 5. The van der Waals surface area contributed by atoms with Gasteiger partial charge in [-0.3, -0.25) is 9.78 Å². The van der Waals surface area contributed by atoms with E-state index in [1.165, 1.54) is 0 Å². The highest BCUT2D eigenvalue weighted by Gasteiger charge is 2.15. The molecule has 0 atom stereocenters. The summed E-state index contributed by atoms with van der Waals surface area (Å²) >= 11 is 0. The predicted molar refractivity (Wildman–Crippen MR) is 121 cm³/mol. The van der Waals surface area contributed by atoms with Crippen molar-refractivity contribution in [3.05, 3.63) is 60.2 Å². The van der Waals surface area contributed by atoms with E-state index in [9.17, 15) is 4.79 Å². The number of amides is 1. The maximum Gasteiger partial charge on any atom is 0.252 e. The van der Waals surface area contributed by atoms with E-state index < -0.39 is 0 Å². The fourth-order valence-electron chi connectivity index (χ4n) is 3.34. The SMILES string of the molecule is Cc1cccc(-c2nc(-c3cncc(C(=O)NCCCN(C)C)c3)c3cc[nH]c3n2)n1. The van der Waals surface area contributed by atoms with Crippen molar-refractivity contribution in [2.24, 2.45) is 0 Å². The number of hydrogen-bond donors (Lipinski definition) is 2. The highest BCUT2D eigenvalue weighted by molar-refractivity contribution is 5.97. The minimum Gasteiger partial charge on any atom is -0.352 e. The van der Waals surface area contributed by atoms with Gasteiger partial charge in [0, 0.05) is 41.8 Å². The van der Waals surface area contributed by atoms with Crippen molar-refractivity contribution < 1.29 is 4.79 Å². The van der Waals surface area contributed by atoms with E-state index in [1.54, 1.807) is 12.4 Å². The Morgan fingerprint density at radius 1 is 1.13 bits per heavy atom. The molecule has 0 aliphatic heterocycles. The van der Waals surface area contributed by atoms with Gasteiger partial charge in [0.1, 0.15) is 11.3 Å². The van der Waals surface area contributed by atoms with Gasteiger partial charge < -0.3 is 15.2 Å². The van der Waals surface area contributed by atoms with Crippen LogP contribution in [-0.2, 0) is 0 Å². The van der Waals surface area contributed by atoms with Crippen molar-refractivity contribution in [3.63, 3.8) is 0 Å². The second-order valence-electron chi connectivity index (χ2n) is 7.68. The maximum atomic E-state index is 12.6. The molecule has 0 aliphatic carbocycles. The highest BCUT2D eigenvalue weighted by Crippen LogP contribution is 2.28. The molecule has 4 rings (SSSR count). The summed E-state index contributed by atoms with van der Waals surface area (Å²) in [5, 5.41) is 3.82. The summed E-state index contributed by atoms with van der Waals surface area (Å²) in [6.07, 6.45) is 5.99. The van der Waals surface area contributed by atoms with Gasteiger partial charge >= 0.3 is 0 Å². The van der Waals surface area contributed by atoms with Gasteiger partial charge in [0.2, 0.25) is 0 Å². The first-order chi connectivity index (χ1) is 15.0. The van der Waals surface area contributed by atoms with Gasteiger partial charge in [0.05, 0.1) is 11.3 Å². The van der Waals surface area contributed by atoms with Gasteiger partial charge in [-0.25, -0.2) is 15.0 Å². The van der Waals surface area contributed by atoms with Gasteiger partial charge in [-0.2, -0.15) is 0 Å². The van der Waals surface area contributed by atoms with Gasteiger partial charge in [0.15, 0.2) is 5.82 Å². The fraction of sp³-hybridized carbons (Fsp3) is 0.261. The van der Waals surface area contributed by atoms with E-state index in [2.05, 4.69) is 30.2 Å². The fourth-order valence-corrected chi connectivity index (χ4v) is 3.34. The summed E-state index contributed by atoms with van der Waals surface area (Å²) in [7, 11) is 4.03. The summed E-state index contributed by atoms with van der Waals surface area (Å²) in [6.45, 7) is 3.46. The number of fused-ring (bicyclic) bond motifs is 1. The van der Waals surface area contributed by atoms with E-state index in [4.69, 9.17) is 4.98 Å². The van der Waals surface area contributed by atoms with E-state index in [1.807, 2.05) is 57.5 Å². The van der Waals surface area contributed by atoms with Crippen molar-refractivity contribution in [1.82, 2.24) is 35.1 Å². The average Bonchev–Trinajstić information content (AvgIpc) is 3.24. The molecule has 0 radical (unpaired) electrons. The number of aromatic nitrogens is 5. The van der Waals surface area contributed by atoms with Crippen LogP contribution in [0, 0.1) is 6.92 Å². The number of rotatable bonds is 7. The predicted octanol–water partition coefficient (Wildman–Crippen LogP) is 3.07. The molecule has 0 bridgehead atoms.